The van der Waals surface area contributed by atoms with Crippen molar-refractivity contribution in [3.05, 3.63) is 58.7 Å². The number of nitrogens with two attached hydrogens (primary N) is 1. The minimum absolute atomic E-state index is 0.112. The first kappa shape index (κ1) is 22.1. The van der Waals surface area contributed by atoms with Gasteiger partial charge in [0.25, 0.3) is 5.91 Å². The molecular formula is C20H20F4N4OS. The number of nitrogens with zero attached hydrogens (tertiary/aromatic N) is 2. The average molecular weight is 440 g/mol. The number of aryl methyl sites for hydroxylation is 1. The third-order valence-electron chi connectivity index (χ3n) is 4.89. The van der Waals surface area contributed by atoms with Crippen LogP contribution in [0.2, 0.25) is 0 Å². The summed E-state index contributed by atoms with van der Waals surface area (Å²) in [5.74, 6) is -0.483. The van der Waals surface area contributed by atoms with E-state index in [9.17, 15) is 22.4 Å². The van der Waals surface area contributed by atoms with Crippen molar-refractivity contribution in [3.63, 3.8) is 0 Å². The molecule has 0 fully saturated rings. The fourth-order valence-electron chi connectivity index (χ4n) is 3.23. The van der Waals surface area contributed by atoms with E-state index < -0.39 is 29.0 Å². The van der Waals surface area contributed by atoms with Crippen LogP contribution in [-0.4, -0.2) is 21.8 Å². The fourth-order valence-corrected chi connectivity index (χ4v) is 4.20. The third-order valence-corrected chi connectivity index (χ3v) is 5.69. The van der Waals surface area contributed by atoms with Crippen molar-refractivity contribution < 1.29 is 22.4 Å². The summed E-state index contributed by atoms with van der Waals surface area (Å²) in [7, 11) is 0. The molecule has 5 nitrogen and oxygen atoms in total. The van der Waals surface area contributed by atoms with Crippen LogP contribution in [0.5, 0.6) is 0 Å². The number of alkyl halides is 3. The number of amides is 1. The van der Waals surface area contributed by atoms with E-state index in [0.717, 1.165) is 6.07 Å². The summed E-state index contributed by atoms with van der Waals surface area (Å²) in [5.41, 5.74) is 4.62. The summed E-state index contributed by atoms with van der Waals surface area (Å²) in [6.45, 7) is 3.39. The van der Waals surface area contributed by atoms with Crippen molar-refractivity contribution >= 4 is 28.5 Å². The number of nitrogens with one attached hydrogen (secondary N) is 1. The van der Waals surface area contributed by atoms with Gasteiger partial charge >= 0.3 is 6.18 Å². The molecule has 0 radical (unpaired) electrons. The van der Waals surface area contributed by atoms with Crippen LogP contribution >= 0.6 is 11.8 Å². The number of amidine groups is 1. The predicted octanol–water partition coefficient (Wildman–Crippen LogP) is 4.72. The normalized spacial score (nSPS) is 19.3. The van der Waals surface area contributed by atoms with Crippen LogP contribution in [0.25, 0.3) is 0 Å². The number of thioether (sulfide) groups is 1. The lowest BCUT2D eigenvalue weighted by atomic mass is 9.89. The molecule has 2 aromatic rings. The fraction of sp³-hybridized carbons (Fsp3) is 0.350. The minimum Gasteiger partial charge on any atom is -0.379 e. The summed E-state index contributed by atoms with van der Waals surface area (Å²) >= 11 is 1.39. The number of hydrogen-bond acceptors (Lipinski definition) is 5. The van der Waals surface area contributed by atoms with E-state index in [4.69, 9.17) is 5.73 Å². The predicted molar refractivity (Wildman–Crippen MR) is 109 cm³/mol. The molecule has 3 rings (SSSR count). The first-order chi connectivity index (χ1) is 14.0. The van der Waals surface area contributed by atoms with Crippen LogP contribution in [0.15, 0.2) is 35.5 Å². The second-order valence-corrected chi connectivity index (χ2v) is 8.17. The number of hydrogen-bond donors (Lipinski definition) is 2. The van der Waals surface area contributed by atoms with Gasteiger partial charge in [-0.05, 0) is 49.6 Å². The molecule has 30 heavy (non-hydrogen) atoms. The number of pyridine rings is 1. The number of carbonyl (C=O) groups is 1. The molecule has 1 aromatic carbocycles. The molecule has 1 aromatic heterocycles. The summed E-state index contributed by atoms with van der Waals surface area (Å²) in [4.78, 5) is 20.7. The molecular weight excluding hydrogens is 420 g/mol. The van der Waals surface area contributed by atoms with E-state index >= 15 is 0 Å². The second kappa shape index (κ2) is 8.25. The number of carbonyl (C=O) groups excluding carboxylic acids is 1. The van der Waals surface area contributed by atoms with Gasteiger partial charge in [-0.1, -0.05) is 18.7 Å². The maximum absolute atomic E-state index is 14.5. The molecule has 10 heteroatoms. The largest absolute Gasteiger partial charge is 0.417 e. The van der Waals surface area contributed by atoms with E-state index in [1.807, 2.05) is 0 Å². The molecule has 2 heterocycles. The zero-order valence-corrected chi connectivity index (χ0v) is 17.1. The Labute approximate surface area is 175 Å². The van der Waals surface area contributed by atoms with Crippen LogP contribution in [0, 0.1) is 5.82 Å². The molecule has 0 saturated carbocycles. The third kappa shape index (κ3) is 4.58. The Bertz CT molecular complexity index is 1010. The SMILES string of the molecule is CCc1cc(C(F)(F)F)cnc1C(=O)Nc1ccc(F)c([C@]2(C)CCSC(N)=N2)c1. The Morgan fingerprint density at radius 2 is 2.07 bits per heavy atom. The van der Waals surface area contributed by atoms with Crippen molar-refractivity contribution in [1.82, 2.24) is 4.98 Å². The van der Waals surface area contributed by atoms with Gasteiger partial charge in [0.15, 0.2) is 5.17 Å². The molecule has 0 saturated heterocycles. The Balaban J connectivity index is 1.90. The molecule has 0 unspecified atom stereocenters. The summed E-state index contributed by atoms with van der Waals surface area (Å²) in [5, 5.41) is 2.95. The van der Waals surface area contributed by atoms with Gasteiger partial charge < -0.3 is 11.1 Å². The average Bonchev–Trinajstić information content (AvgIpc) is 2.67. The van der Waals surface area contributed by atoms with Gasteiger partial charge in [0.2, 0.25) is 0 Å². The highest BCUT2D eigenvalue weighted by molar-refractivity contribution is 8.13. The summed E-state index contributed by atoms with van der Waals surface area (Å²) in [6.07, 6.45) is -3.17. The number of halogens is 4. The van der Waals surface area contributed by atoms with E-state index in [1.165, 1.54) is 30.0 Å². The second-order valence-electron chi connectivity index (χ2n) is 7.05. The van der Waals surface area contributed by atoms with Gasteiger partial charge in [0.1, 0.15) is 11.5 Å². The van der Waals surface area contributed by atoms with E-state index in [1.54, 1.807) is 13.8 Å². The number of aliphatic imine (C=N–C) groups is 1. The first-order valence-corrected chi connectivity index (χ1v) is 10.2. The summed E-state index contributed by atoms with van der Waals surface area (Å²) < 4.78 is 53.2. The Kier molecular flexibility index (Phi) is 6.07. The molecule has 0 aliphatic carbocycles. The lowest BCUT2D eigenvalue weighted by molar-refractivity contribution is -0.137. The Morgan fingerprint density at radius 3 is 2.70 bits per heavy atom. The van der Waals surface area contributed by atoms with Gasteiger partial charge in [-0.15, -0.1) is 0 Å². The molecule has 0 bridgehead atoms. The highest BCUT2D eigenvalue weighted by Crippen LogP contribution is 2.37. The van der Waals surface area contributed by atoms with Gasteiger partial charge in [0.05, 0.1) is 11.1 Å². The van der Waals surface area contributed by atoms with Crippen molar-refractivity contribution in [2.24, 2.45) is 10.7 Å². The van der Waals surface area contributed by atoms with Crippen LogP contribution in [-0.2, 0) is 18.1 Å². The minimum atomic E-state index is -4.55. The number of rotatable bonds is 4. The van der Waals surface area contributed by atoms with Crippen LogP contribution in [0.4, 0.5) is 23.2 Å². The molecule has 160 valence electrons. The van der Waals surface area contributed by atoms with Gasteiger partial charge in [-0.2, -0.15) is 13.2 Å². The topological polar surface area (TPSA) is 80.4 Å². The van der Waals surface area contributed by atoms with E-state index in [0.29, 0.717) is 23.5 Å². The molecule has 0 spiro atoms. The Morgan fingerprint density at radius 1 is 1.33 bits per heavy atom. The maximum atomic E-state index is 14.5. The zero-order chi connectivity index (χ0) is 22.1. The van der Waals surface area contributed by atoms with Crippen LogP contribution in [0.3, 0.4) is 0 Å². The summed E-state index contributed by atoms with van der Waals surface area (Å²) in [6, 6.07) is 4.97. The quantitative estimate of drug-likeness (QED) is 0.674. The molecule has 1 aliphatic rings. The van der Waals surface area contributed by atoms with E-state index in [-0.39, 0.29) is 28.9 Å². The number of aromatic nitrogens is 1. The maximum Gasteiger partial charge on any atom is 0.417 e. The molecule has 1 atom stereocenters. The highest BCUT2D eigenvalue weighted by atomic mass is 32.2. The van der Waals surface area contributed by atoms with Crippen LogP contribution in [0.1, 0.15) is 47.4 Å². The number of benzene rings is 1. The van der Waals surface area contributed by atoms with Crippen molar-refractivity contribution in [3.8, 4) is 0 Å². The van der Waals surface area contributed by atoms with Crippen molar-refractivity contribution in [2.45, 2.75) is 38.4 Å². The standard InChI is InChI=1S/C20H20F4N4OS/c1-3-11-8-12(20(22,23)24)10-26-16(11)17(29)27-13-4-5-15(21)14(9-13)19(2)6-7-30-18(25)28-19/h4-5,8-10H,3,6-7H2,1-2H3,(H2,25,28)(H,27,29)/t19-/m0/s1. The molecule has 1 aliphatic heterocycles. The first-order valence-electron chi connectivity index (χ1n) is 9.19. The molecule has 3 N–H and O–H groups in total. The van der Waals surface area contributed by atoms with Crippen LogP contribution < -0.4 is 11.1 Å². The lowest BCUT2D eigenvalue weighted by Gasteiger charge is -2.30. The Hall–Kier alpha value is -2.62. The van der Waals surface area contributed by atoms with Crippen molar-refractivity contribution in [2.75, 3.05) is 11.1 Å². The zero-order valence-electron chi connectivity index (χ0n) is 16.3. The van der Waals surface area contributed by atoms with Gasteiger partial charge in [0, 0.05) is 23.2 Å². The van der Waals surface area contributed by atoms with E-state index in [2.05, 4.69) is 15.3 Å². The highest BCUT2D eigenvalue weighted by Gasteiger charge is 2.33. The lowest BCUT2D eigenvalue weighted by Crippen LogP contribution is -2.30. The number of anilines is 1. The monoisotopic (exact) mass is 440 g/mol. The smallest absolute Gasteiger partial charge is 0.379 e. The van der Waals surface area contributed by atoms with Gasteiger partial charge in [-0.25, -0.2) is 4.39 Å². The van der Waals surface area contributed by atoms with Crippen molar-refractivity contribution in [1.29, 1.82) is 0 Å². The van der Waals surface area contributed by atoms with Gasteiger partial charge in [-0.3, -0.25) is 14.8 Å². The molecule has 1 amide bonds.